The van der Waals surface area contributed by atoms with Crippen LogP contribution in [-0.4, -0.2) is 5.91 Å². The number of benzene rings is 1. The third-order valence-corrected chi connectivity index (χ3v) is 5.00. The van der Waals surface area contributed by atoms with Crippen LogP contribution >= 0.6 is 0 Å². The second kappa shape index (κ2) is 5.47. The number of carbonyl (C=O) groups excluding carboxylic acids is 1. The quantitative estimate of drug-likeness (QED) is 0.812. The zero-order chi connectivity index (χ0) is 14.1. The monoisotopic (exact) mass is 272 g/mol. The lowest BCUT2D eigenvalue weighted by Crippen LogP contribution is -2.36. The molecule has 1 saturated carbocycles. The molecule has 3 unspecified atom stereocenters. The van der Waals surface area contributed by atoms with Crippen molar-refractivity contribution in [3.05, 3.63) is 29.3 Å². The Hall–Kier alpha value is -1.51. The molecular weight excluding hydrogens is 248 g/mol. The molecule has 2 aliphatic rings. The van der Waals surface area contributed by atoms with Crippen LogP contribution in [0.25, 0.3) is 0 Å². The van der Waals surface area contributed by atoms with Crippen molar-refractivity contribution in [3.63, 3.8) is 0 Å². The minimum Gasteiger partial charge on any atom is -0.399 e. The van der Waals surface area contributed by atoms with Crippen LogP contribution in [0.3, 0.4) is 0 Å². The molecular formula is C17H24N2O. The summed E-state index contributed by atoms with van der Waals surface area (Å²) in [6, 6.07) is 6.28. The summed E-state index contributed by atoms with van der Waals surface area (Å²) in [4.78, 5) is 12.5. The van der Waals surface area contributed by atoms with Crippen LogP contribution in [0.1, 0.15) is 56.2 Å². The van der Waals surface area contributed by atoms with Crippen LogP contribution in [0, 0.1) is 11.8 Å². The molecule has 108 valence electrons. The Morgan fingerprint density at radius 3 is 2.85 bits per heavy atom. The number of nitrogens with two attached hydrogens (primary N) is 1. The van der Waals surface area contributed by atoms with Crippen LogP contribution in [-0.2, 0) is 11.2 Å². The summed E-state index contributed by atoms with van der Waals surface area (Å²) >= 11 is 0. The van der Waals surface area contributed by atoms with Crippen LogP contribution in [0.4, 0.5) is 5.69 Å². The number of hydrogen-bond donors (Lipinski definition) is 2. The first-order valence-corrected chi connectivity index (χ1v) is 7.84. The van der Waals surface area contributed by atoms with Gasteiger partial charge < -0.3 is 11.1 Å². The number of anilines is 1. The van der Waals surface area contributed by atoms with E-state index in [4.69, 9.17) is 5.73 Å². The molecule has 20 heavy (non-hydrogen) atoms. The van der Waals surface area contributed by atoms with E-state index in [2.05, 4.69) is 24.4 Å². The van der Waals surface area contributed by atoms with E-state index in [-0.39, 0.29) is 17.9 Å². The SMILES string of the molecule is CC1CCCC1C(=O)NC1CCCc2cc(N)ccc21. The van der Waals surface area contributed by atoms with Crippen LogP contribution in [0.5, 0.6) is 0 Å². The maximum absolute atomic E-state index is 12.5. The highest BCUT2D eigenvalue weighted by molar-refractivity contribution is 5.79. The largest absolute Gasteiger partial charge is 0.399 e. The fourth-order valence-corrected chi connectivity index (χ4v) is 3.80. The van der Waals surface area contributed by atoms with Crippen molar-refractivity contribution >= 4 is 11.6 Å². The highest BCUT2D eigenvalue weighted by Crippen LogP contribution is 2.34. The fourth-order valence-electron chi connectivity index (χ4n) is 3.80. The summed E-state index contributed by atoms with van der Waals surface area (Å²) < 4.78 is 0. The summed E-state index contributed by atoms with van der Waals surface area (Å²) in [6.07, 6.45) is 6.68. The Morgan fingerprint density at radius 2 is 2.10 bits per heavy atom. The Labute approximate surface area is 120 Å². The van der Waals surface area contributed by atoms with E-state index < -0.39 is 0 Å². The van der Waals surface area contributed by atoms with Gasteiger partial charge in [0, 0.05) is 11.6 Å². The average molecular weight is 272 g/mol. The molecule has 0 aromatic heterocycles. The predicted molar refractivity (Wildman–Crippen MR) is 81.2 cm³/mol. The van der Waals surface area contributed by atoms with Crippen LogP contribution < -0.4 is 11.1 Å². The van der Waals surface area contributed by atoms with Gasteiger partial charge in [0.15, 0.2) is 0 Å². The number of rotatable bonds is 2. The van der Waals surface area contributed by atoms with Crippen molar-refractivity contribution in [2.24, 2.45) is 11.8 Å². The first kappa shape index (κ1) is 13.5. The van der Waals surface area contributed by atoms with Gasteiger partial charge in [0.05, 0.1) is 6.04 Å². The molecule has 3 rings (SSSR count). The molecule has 1 fully saturated rings. The maximum Gasteiger partial charge on any atom is 0.223 e. The van der Waals surface area contributed by atoms with Gasteiger partial charge in [0.1, 0.15) is 0 Å². The summed E-state index contributed by atoms with van der Waals surface area (Å²) in [5, 5.41) is 3.29. The number of aryl methyl sites for hydroxylation is 1. The molecule has 1 aromatic rings. The van der Waals surface area contributed by atoms with Gasteiger partial charge in [-0.15, -0.1) is 0 Å². The summed E-state index contributed by atoms with van der Waals surface area (Å²) in [7, 11) is 0. The van der Waals surface area contributed by atoms with Gasteiger partial charge in [-0.1, -0.05) is 19.4 Å². The van der Waals surface area contributed by atoms with Gasteiger partial charge in [-0.05, 0) is 61.3 Å². The predicted octanol–water partition coefficient (Wildman–Crippen LogP) is 3.20. The van der Waals surface area contributed by atoms with Crippen molar-refractivity contribution in [3.8, 4) is 0 Å². The highest BCUT2D eigenvalue weighted by Gasteiger charge is 2.31. The molecule has 1 amide bonds. The summed E-state index contributed by atoms with van der Waals surface area (Å²) in [6.45, 7) is 2.20. The first-order chi connectivity index (χ1) is 9.65. The first-order valence-electron chi connectivity index (χ1n) is 7.84. The van der Waals surface area contributed by atoms with Crippen molar-refractivity contribution in [1.29, 1.82) is 0 Å². The number of fused-ring (bicyclic) bond motifs is 1. The van der Waals surface area contributed by atoms with E-state index in [1.807, 2.05) is 6.07 Å². The van der Waals surface area contributed by atoms with E-state index in [0.29, 0.717) is 5.92 Å². The second-order valence-electron chi connectivity index (χ2n) is 6.43. The summed E-state index contributed by atoms with van der Waals surface area (Å²) in [5.41, 5.74) is 9.25. The molecule has 0 heterocycles. The molecule has 3 N–H and O–H groups in total. The van der Waals surface area contributed by atoms with Gasteiger partial charge in [-0.2, -0.15) is 0 Å². The molecule has 3 atom stereocenters. The normalized spacial score (nSPS) is 28.9. The lowest BCUT2D eigenvalue weighted by atomic mass is 9.86. The molecule has 0 aliphatic heterocycles. The highest BCUT2D eigenvalue weighted by atomic mass is 16.2. The lowest BCUT2D eigenvalue weighted by Gasteiger charge is -2.28. The van der Waals surface area contributed by atoms with Gasteiger partial charge in [-0.3, -0.25) is 4.79 Å². The Kier molecular flexibility index (Phi) is 3.68. The minimum absolute atomic E-state index is 0.180. The lowest BCUT2D eigenvalue weighted by molar-refractivity contribution is -0.126. The molecule has 0 radical (unpaired) electrons. The van der Waals surface area contributed by atoms with Crippen molar-refractivity contribution in [2.75, 3.05) is 5.73 Å². The fraction of sp³-hybridized carbons (Fsp3) is 0.588. The molecule has 0 spiro atoms. The number of carbonyl (C=O) groups is 1. The third-order valence-electron chi connectivity index (χ3n) is 5.00. The van der Waals surface area contributed by atoms with Crippen molar-refractivity contribution < 1.29 is 4.79 Å². The van der Waals surface area contributed by atoms with E-state index in [1.54, 1.807) is 0 Å². The van der Waals surface area contributed by atoms with E-state index in [9.17, 15) is 4.79 Å². The topological polar surface area (TPSA) is 55.1 Å². The Morgan fingerprint density at radius 1 is 1.25 bits per heavy atom. The maximum atomic E-state index is 12.5. The number of nitrogens with one attached hydrogen (secondary N) is 1. The van der Waals surface area contributed by atoms with Gasteiger partial charge in [0.25, 0.3) is 0 Å². The molecule has 1 aromatic carbocycles. The standard InChI is InChI=1S/C17H24N2O/c1-11-4-2-6-14(11)17(20)19-16-7-3-5-12-10-13(18)8-9-15(12)16/h8-11,14,16H,2-7,18H2,1H3,(H,19,20). The van der Waals surface area contributed by atoms with Gasteiger partial charge in [0.2, 0.25) is 5.91 Å². The minimum atomic E-state index is 0.180. The number of hydrogen-bond acceptors (Lipinski definition) is 2. The van der Waals surface area contributed by atoms with E-state index >= 15 is 0 Å². The molecule has 3 nitrogen and oxygen atoms in total. The second-order valence-corrected chi connectivity index (χ2v) is 6.43. The Balaban J connectivity index is 1.74. The molecule has 0 bridgehead atoms. The smallest absolute Gasteiger partial charge is 0.223 e. The van der Waals surface area contributed by atoms with Gasteiger partial charge >= 0.3 is 0 Å². The van der Waals surface area contributed by atoms with Crippen molar-refractivity contribution in [2.45, 2.75) is 51.5 Å². The molecule has 3 heteroatoms. The number of amides is 1. The van der Waals surface area contributed by atoms with E-state index in [0.717, 1.165) is 31.4 Å². The average Bonchev–Trinajstić information content (AvgIpc) is 2.85. The Bertz CT molecular complexity index is 512. The zero-order valence-corrected chi connectivity index (χ0v) is 12.2. The number of nitrogen functional groups attached to an aromatic ring is 1. The molecule has 0 saturated heterocycles. The molecule has 2 aliphatic carbocycles. The van der Waals surface area contributed by atoms with Crippen molar-refractivity contribution in [1.82, 2.24) is 5.32 Å². The van der Waals surface area contributed by atoms with Gasteiger partial charge in [-0.25, -0.2) is 0 Å². The third kappa shape index (κ3) is 2.54. The zero-order valence-electron chi connectivity index (χ0n) is 12.2. The van der Waals surface area contributed by atoms with E-state index in [1.165, 1.54) is 24.0 Å². The summed E-state index contributed by atoms with van der Waals surface area (Å²) in [5.74, 6) is 1.00. The van der Waals surface area contributed by atoms with Crippen LogP contribution in [0.15, 0.2) is 18.2 Å². The van der Waals surface area contributed by atoms with Crippen LogP contribution in [0.2, 0.25) is 0 Å².